The summed E-state index contributed by atoms with van der Waals surface area (Å²) in [4.78, 5) is 10.4. The van der Waals surface area contributed by atoms with Crippen molar-refractivity contribution in [1.29, 1.82) is 0 Å². The van der Waals surface area contributed by atoms with Crippen molar-refractivity contribution in [2.24, 2.45) is 0 Å². The average Bonchev–Trinajstić information content (AvgIpc) is 2.46. The van der Waals surface area contributed by atoms with Crippen molar-refractivity contribution in [3.8, 4) is 0 Å². The van der Waals surface area contributed by atoms with E-state index in [1.807, 2.05) is 5.21 Å². The minimum atomic E-state index is -4.36. The molecule has 14 heavy (non-hydrogen) atoms. The second kappa shape index (κ2) is 3.86. The number of aromatic amines is 1. The quantitative estimate of drug-likeness (QED) is 0.757. The third-order valence-electron chi connectivity index (χ3n) is 1.09. The number of halogens is 3. The van der Waals surface area contributed by atoms with Crippen LogP contribution in [0.25, 0.3) is 0 Å². The molecule has 0 saturated heterocycles. The minimum Gasteiger partial charge on any atom is -0.476 e. The number of carboxylic acids is 1. The number of nitrogens with one attached hydrogen (secondary N) is 1. The van der Waals surface area contributed by atoms with Gasteiger partial charge in [0.1, 0.15) is 0 Å². The molecule has 0 aliphatic rings. The first-order valence-corrected chi connectivity index (χ1v) is 4.22. The number of nitrogens with zero attached hydrogens (tertiary/aromatic N) is 2. The van der Waals surface area contributed by atoms with Crippen molar-refractivity contribution < 1.29 is 23.1 Å². The van der Waals surface area contributed by atoms with Gasteiger partial charge in [-0.1, -0.05) is 11.8 Å². The Labute approximate surface area is 79.7 Å². The summed E-state index contributed by atoms with van der Waals surface area (Å²) >= 11 is 0.278. The van der Waals surface area contributed by atoms with Crippen LogP contribution >= 0.6 is 11.8 Å². The van der Waals surface area contributed by atoms with E-state index in [4.69, 9.17) is 5.11 Å². The molecule has 0 fully saturated rings. The van der Waals surface area contributed by atoms with Gasteiger partial charge in [0.05, 0.1) is 5.75 Å². The molecule has 0 bridgehead atoms. The molecule has 1 rings (SSSR count). The molecular weight excluding hydrogens is 223 g/mol. The number of alkyl halides is 3. The van der Waals surface area contributed by atoms with Gasteiger partial charge in [-0.3, -0.25) is 0 Å². The van der Waals surface area contributed by atoms with Gasteiger partial charge in [-0.05, 0) is 0 Å². The zero-order valence-corrected chi connectivity index (χ0v) is 7.32. The van der Waals surface area contributed by atoms with E-state index in [1.165, 1.54) is 0 Å². The van der Waals surface area contributed by atoms with Crippen LogP contribution in [0.15, 0.2) is 5.03 Å². The van der Waals surface area contributed by atoms with E-state index in [0.717, 1.165) is 0 Å². The van der Waals surface area contributed by atoms with Gasteiger partial charge in [-0.2, -0.15) is 18.4 Å². The molecule has 1 heterocycles. The molecule has 0 aliphatic heterocycles. The standard InChI is InChI=1S/C5H4F3N3O2S/c6-5(7,8)1-14-3-2(4(12)13)9-11-10-3/h1H2,(H,12,13)(H,9,10,11). The number of carboxylic acid groups (broad SMARTS) is 1. The first-order valence-electron chi connectivity index (χ1n) is 3.24. The van der Waals surface area contributed by atoms with Gasteiger partial charge >= 0.3 is 12.1 Å². The van der Waals surface area contributed by atoms with Gasteiger partial charge in [-0.25, -0.2) is 4.79 Å². The number of hydrogen-bond donors (Lipinski definition) is 2. The normalized spacial score (nSPS) is 11.6. The molecule has 0 spiro atoms. The molecule has 5 nitrogen and oxygen atoms in total. The molecule has 0 saturated carbocycles. The van der Waals surface area contributed by atoms with Crippen molar-refractivity contribution in [2.75, 3.05) is 5.75 Å². The van der Waals surface area contributed by atoms with Crippen LogP contribution in [0.4, 0.5) is 13.2 Å². The van der Waals surface area contributed by atoms with Crippen molar-refractivity contribution in [2.45, 2.75) is 11.2 Å². The Morgan fingerprint density at radius 2 is 2.14 bits per heavy atom. The third-order valence-corrected chi connectivity index (χ3v) is 2.12. The van der Waals surface area contributed by atoms with Gasteiger partial charge in [0.2, 0.25) is 5.69 Å². The highest BCUT2D eigenvalue weighted by atomic mass is 32.2. The second-order valence-corrected chi connectivity index (χ2v) is 3.15. The van der Waals surface area contributed by atoms with E-state index in [2.05, 4.69) is 10.2 Å². The molecule has 0 unspecified atom stereocenters. The fraction of sp³-hybridized carbons (Fsp3) is 0.400. The van der Waals surface area contributed by atoms with Crippen LogP contribution in [-0.2, 0) is 0 Å². The number of aromatic nitrogens is 3. The Morgan fingerprint density at radius 1 is 1.50 bits per heavy atom. The van der Waals surface area contributed by atoms with E-state index < -0.39 is 23.6 Å². The molecule has 2 N–H and O–H groups in total. The highest BCUT2D eigenvalue weighted by molar-refractivity contribution is 7.99. The van der Waals surface area contributed by atoms with Crippen molar-refractivity contribution in [1.82, 2.24) is 15.4 Å². The molecule has 0 radical (unpaired) electrons. The first kappa shape index (κ1) is 10.8. The van der Waals surface area contributed by atoms with Gasteiger partial charge in [0.25, 0.3) is 0 Å². The maximum absolute atomic E-state index is 11.8. The van der Waals surface area contributed by atoms with Gasteiger partial charge in [-0.15, -0.1) is 10.2 Å². The highest BCUT2D eigenvalue weighted by Gasteiger charge is 2.29. The minimum absolute atomic E-state index is 0.269. The maximum atomic E-state index is 11.8. The number of carbonyl (C=O) groups is 1. The van der Waals surface area contributed by atoms with Gasteiger partial charge in [0, 0.05) is 0 Å². The number of aromatic carboxylic acids is 1. The van der Waals surface area contributed by atoms with Gasteiger partial charge in [0.15, 0.2) is 5.03 Å². The average molecular weight is 227 g/mol. The first-order chi connectivity index (χ1) is 6.40. The lowest BCUT2D eigenvalue weighted by Crippen LogP contribution is -2.11. The monoisotopic (exact) mass is 227 g/mol. The van der Waals surface area contributed by atoms with E-state index in [-0.39, 0.29) is 16.8 Å². The molecule has 9 heteroatoms. The summed E-state index contributed by atoms with van der Waals surface area (Å²) in [6.07, 6.45) is -4.36. The topological polar surface area (TPSA) is 78.9 Å². The van der Waals surface area contributed by atoms with E-state index in [9.17, 15) is 18.0 Å². The molecule has 0 aliphatic carbocycles. The zero-order chi connectivity index (χ0) is 10.8. The summed E-state index contributed by atoms with van der Waals surface area (Å²) in [6.45, 7) is 0. The summed E-state index contributed by atoms with van der Waals surface area (Å²) in [5, 5.41) is 16.6. The number of thioether (sulfide) groups is 1. The zero-order valence-electron chi connectivity index (χ0n) is 6.50. The van der Waals surface area contributed by atoms with E-state index in [1.54, 1.807) is 0 Å². The fourth-order valence-corrected chi connectivity index (χ4v) is 1.29. The lowest BCUT2D eigenvalue weighted by molar-refractivity contribution is -0.105. The summed E-state index contributed by atoms with van der Waals surface area (Å²) in [6, 6.07) is 0. The van der Waals surface area contributed by atoms with Crippen LogP contribution in [0.1, 0.15) is 10.5 Å². The van der Waals surface area contributed by atoms with E-state index >= 15 is 0 Å². The van der Waals surface area contributed by atoms with Crippen molar-refractivity contribution in [3.63, 3.8) is 0 Å². The lowest BCUT2D eigenvalue weighted by Gasteiger charge is -2.02. The summed E-state index contributed by atoms with van der Waals surface area (Å²) in [5.41, 5.74) is -0.501. The summed E-state index contributed by atoms with van der Waals surface area (Å²) in [7, 11) is 0. The third kappa shape index (κ3) is 2.91. The Hall–Kier alpha value is -1.25. The number of rotatable bonds is 3. The van der Waals surface area contributed by atoms with Crippen molar-refractivity contribution >= 4 is 17.7 Å². The highest BCUT2D eigenvalue weighted by Crippen LogP contribution is 2.27. The van der Waals surface area contributed by atoms with Crippen LogP contribution in [0.3, 0.4) is 0 Å². The molecule has 1 aromatic rings. The smallest absolute Gasteiger partial charge is 0.398 e. The second-order valence-electron chi connectivity index (χ2n) is 2.19. The largest absolute Gasteiger partial charge is 0.476 e. The van der Waals surface area contributed by atoms with Crippen LogP contribution in [0.5, 0.6) is 0 Å². The molecule has 0 amide bonds. The Bertz CT molecular complexity index is 337. The summed E-state index contributed by atoms with van der Waals surface area (Å²) in [5.74, 6) is -2.61. The fourth-order valence-electron chi connectivity index (χ4n) is 0.611. The predicted molar refractivity (Wildman–Crippen MR) is 40.1 cm³/mol. The molecule has 0 atom stereocenters. The maximum Gasteiger partial charge on any atom is 0.398 e. The Balaban J connectivity index is 2.68. The Kier molecular flexibility index (Phi) is 2.99. The molecular formula is C5H4F3N3O2S. The molecule has 0 aromatic carbocycles. The SMILES string of the molecule is O=C(O)c1n[nH]nc1SCC(F)(F)F. The van der Waals surface area contributed by atoms with Crippen LogP contribution in [0.2, 0.25) is 0 Å². The predicted octanol–water partition coefficient (Wildman–Crippen LogP) is 1.16. The Morgan fingerprint density at radius 3 is 2.64 bits per heavy atom. The van der Waals surface area contributed by atoms with Gasteiger partial charge < -0.3 is 5.11 Å². The summed E-state index contributed by atoms with van der Waals surface area (Å²) < 4.78 is 35.3. The molecule has 78 valence electrons. The number of H-pyrrole nitrogens is 1. The van der Waals surface area contributed by atoms with Crippen LogP contribution < -0.4 is 0 Å². The van der Waals surface area contributed by atoms with E-state index in [0.29, 0.717) is 0 Å². The van der Waals surface area contributed by atoms with Crippen LogP contribution in [-0.4, -0.2) is 38.4 Å². The van der Waals surface area contributed by atoms with Crippen molar-refractivity contribution in [3.05, 3.63) is 5.69 Å². The lowest BCUT2D eigenvalue weighted by atomic mass is 10.5. The van der Waals surface area contributed by atoms with Crippen LogP contribution in [0, 0.1) is 0 Å². The number of hydrogen-bond acceptors (Lipinski definition) is 4. The molecule has 1 aromatic heterocycles.